The quantitative estimate of drug-likeness (QED) is 0.684. The number of amides is 1. The molecule has 19 heavy (non-hydrogen) atoms. The Hall–Kier alpha value is -2.56. The van der Waals surface area contributed by atoms with E-state index in [1.165, 1.54) is 0 Å². The molecule has 96 valence electrons. The second-order valence-electron chi connectivity index (χ2n) is 4.55. The Bertz CT molecular complexity index is 700. The van der Waals surface area contributed by atoms with Crippen LogP contribution in [0.4, 0.5) is 5.82 Å². The van der Waals surface area contributed by atoms with Crippen molar-refractivity contribution < 1.29 is 9.90 Å². The van der Waals surface area contributed by atoms with Crippen LogP contribution in [0.5, 0.6) is 5.75 Å². The molecule has 0 unspecified atom stereocenters. The minimum atomic E-state index is -0.197. The van der Waals surface area contributed by atoms with Crippen LogP contribution in [-0.4, -0.2) is 21.0 Å². The SMILES string of the molecule is Cc1nc2c(c(C)c1O)C(=Cc1cc[nH]c1)C(=O)N2. The number of H-pyrrole nitrogens is 1. The summed E-state index contributed by atoms with van der Waals surface area (Å²) in [5.74, 6) is 0.451. The molecule has 1 amide bonds. The standard InChI is InChI=1S/C14H13N3O2/c1-7-11-10(5-9-3-4-15-6-9)14(19)17-13(11)16-8(2)12(7)18/h3-6,15,18H,1-2H3,(H,16,17,19). The van der Waals surface area contributed by atoms with Crippen molar-refractivity contribution >= 4 is 23.4 Å². The molecule has 1 aliphatic heterocycles. The molecule has 3 N–H and O–H groups in total. The molecule has 1 aliphatic rings. The van der Waals surface area contributed by atoms with Gasteiger partial charge >= 0.3 is 0 Å². The molecule has 0 aromatic carbocycles. The van der Waals surface area contributed by atoms with E-state index < -0.39 is 0 Å². The van der Waals surface area contributed by atoms with E-state index in [0.717, 1.165) is 5.56 Å². The number of anilines is 1. The third kappa shape index (κ3) is 1.71. The maximum Gasteiger partial charge on any atom is 0.257 e. The highest BCUT2D eigenvalue weighted by Crippen LogP contribution is 2.38. The maximum absolute atomic E-state index is 12.0. The molecule has 0 spiro atoms. The Morgan fingerprint density at radius 3 is 2.84 bits per heavy atom. The monoisotopic (exact) mass is 255 g/mol. The first-order chi connectivity index (χ1) is 9.08. The number of rotatable bonds is 1. The zero-order valence-electron chi connectivity index (χ0n) is 10.6. The van der Waals surface area contributed by atoms with Crippen molar-refractivity contribution in [2.24, 2.45) is 0 Å². The second kappa shape index (κ2) is 3.98. The number of aromatic hydroxyl groups is 1. The fourth-order valence-electron chi connectivity index (χ4n) is 2.28. The van der Waals surface area contributed by atoms with Crippen LogP contribution >= 0.6 is 0 Å². The highest BCUT2D eigenvalue weighted by molar-refractivity contribution is 6.35. The minimum Gasteiger partial charge on any atom is -0.506 e. The predicted octanol–water partition coefficient (Wildman–Crippen LogP) is 2.22. The van der Waals surface area contributed by atoms with Gasteiger partial charge in [0.25, 0.3) is 5.91 Å². The molecule has 5 nitrogen and oxygen atoms in total. The van der Waals surface area contributed by atoms with E-state index in [-0.39, 0.29) is 11.7 Å². The Kier molecular flexibility index (Phi) is 2.41. The number of carbonyl (C=O) groups is 1. The van der Waals surface area contributed by atoms with Crippen molar-refractivity contribution in [1.29, 1.82) is 0 Å². The van der Waals surface area contributed by atoms with Crippen LogP contribution in [0.25, 0.3) is 11.6 Å². The lowest BCUT2D eigenvalue weighted by molar-refractivity contribution is -0.110. The van der Waals surface area contributed by atoms with Gasteiger partial charge in [-0.2, -0.15) is 0 Å². The number of fused-ring (bicyclic) bond motifs is 1. The Labute approximate surface area is 110 Å². The Morgan fingerprint density at radius 2 is 2.16 bits per heavy atom. The molecular formula is C14H13N3O2. The van der Waals surface area contributed by atoms with E-state index >= 15 is 0 Å². The molecule has 5 heteroatoms. The summed E-state index contributed by atoms with van der Waals surface area (Å²) in [5.41, 5.74) is 3.28. The fraction of sp³-hybridized carbons (Fsp3) is 0.143. The number of aryl methyl sites for hydroxylation is 1. The summed E-state index contributed by atoms with van der Waals surface area (Å²) < 4.78 is 0. The molecule has 0 fully saturated rings. The van der Waals surface area contributed by atoms with Crippen molar-refractivity contribution in [1.82, 2.24) is 9.97 Å². The number of aromatic nitrogens is 2. The average molecular weight is 255 g/mol. The molecule has 2 aromatic rings. The van der Waals surface area contributed by atoms with Crippen LogP contribution < -0.4 is 5.32 Å². The number of pyridine rings is 1. The van der Waals surface area contributed by atoms with Gasteiger partial charge in [-0.05, 0) is 31.6 Å². The summed E-state index contributed by atoms with van der Waals surface area (Å²) in [5, 5.41) is 12.7. The molecule has 0 saturated heterocycles. The summed E-state index contributed by atoms with van der Waals surface area (Å²) in [4.78, 5) is 19.2. The lowest BCUT2D eigenvalue weighted by Gasteiger charge is -2.07. The lowest BCUT2D eigenvalue weighted by Crippen LogP contribution is -2.04. The summed E-state index contributed by atoms with van der Waals surface area (Å²) >= 11 is 0. The van der Waals surface area contributed by atoms with E-state index in [0.29, 0.717) is 28.2 Å². The van der Waals surface area contributed by atoms with Gasteiger partial charge in [-0.3, -0.25) is 4.79 Å². The number of nitrogens with one attached hydrogen (secondary N) is 2. The number of aromatic amines is 1. The van der Waals surface area contributed by atoms with Crippen LogP contribution in [0.15, 0.2) is 18.5 Å². The van der Waals surface area contributed by atoms with Crippen LogP contribution in [0, 0.1) is 13.8 Å². The summed E-state index contributed by atoms with van der Waals surface area (Å²) in [6.07, 6.45) is 5.37. The van der Waals surface area contributed by atoms with E-state index in [2.05, 4.69) is 15.3 Å². The smallest absolute Gasteiger partial charge is 0.257 e. The van der Waals surface area contributed by atoms with Gasteiger partial charge in [0.05, 0.1) is 11.3 Å². The van der Waals surface area contributed by atoms with Gasteiger partial charge in [0.2, 0.25) is 0 Å². The van der Waals surface area contributed by atoms with Crippen molar-refractivity contribution in [2.75, 3.05) is 5.32 Å². The highest BCUT2D eigenvalue weighted by Gasteiger charge is 2.29. The molecule has 0 atom stereocenters. The first kappa shape index (κ1) is 11.5. The lowest BCUT2D eigenvalue weighted by atomic mass is 10.0. The van der Waals surface area contributed by atoms with Crippen LogP contribution in [0.3, 0.4) is 0 Å². The summed E-state index contributed by atoms with van der Waals surface area (Å²) in [7, 11) is 0. The van der Waals surface area contributed by atoms with Crippen LogP contribution in [0.2, 0.25) is 0 Å². The molecular weight excluding hydrogens is 242 g/mol. The topological polar surface area (TPSA) is 78.0 Å². The van der Waals surface area contributed by atoms with Crippen molar-refractivity contribution in [3.05, 3.63) is 40.8 Å². The minimum absolute atomic E-state index is 0.134. The second-order valence-corrected chi connectivity index (χ2v) is 4.55. The van der Waals surface area contributed by atoms with Gasteiger partial charge in [-0.25, -0.2) is 4.98 Å². The predicted molar refractivity (Wildman–Crippen MR) is 72.7 cm³/mol. The van der Waals surface area contributed by atoms with E-state index in [1.807, 2.05) is 6.07 Å². The van der Waals surface area contributed by atoms with E-state index in [9.17, 15) is 9.90 Å². The van der Waals surface area contributed by atoms with Gasteiger partial charge < -0.3 is 15.4 Å². The number of hydrogen-bond acceptors (Lipinski definition) is 3. The fourth-order valence-corrected chi connectivity index (χ4v) is 2.28. The molecule has 3 heterocycles. The molecule has 0 bridgehead atoms. The number of nitrogens with zero attached hydrogens (tertiary/aromatic N) is 1. The molecule has 0 saturated carbocycles. The van der Waals surface area contributed by atoms with Crippen LogP contribution in [0.1, 0.15) is 22.4 Å². The largest absolute Gasteiger partial charge is 0.506 e. The van der Waals surface area contributed by atoms with Gasteiger partial charge in [0.15, 0.2) is 0 Å². The zero-order chi connectivity index (χ0) is 13.6. The van der Waals surface area contributed by atoms with Crippen molar-refractivity contribution in [2.45, 2.75) is 13.8 Å². The first-order valence-corrected chi connectivity index (χ1v) is 5.94. The first-order valence-electron chi connectivity index (χ1n) is 5.94. The summed E-state index contributed by atoms with van der Waals surface area (Å²) in [6.45, 7) is 3.50. The highest BCUT2D eigenvalue weighted by atomic mass is 16.3. The normalized spacial score (nSPS) is 15.7. The molecule has 2 aromatic heterocycles. The van der Waals surface area contributed by atoms with Gasteiger partial charge in [-0.15, -0.1) is 0 Å². The third-order valence-corrected chi connectivity index (χ3v) is 3.27. The van der Waals surface area contributed by atoms with Crippen LogP contribution in [-0.2, 0) is 4.79 Å². The van der Waals surface area contributed by atoms with E-state index in [4.69, 9.17) is 0 Å². The number of hydrogen-bond donors (Lipinski definition) is 3. The maximum atomic E-state index is 12.0. The Balaban J connectivity index is 2.22. The zero-order valence-corrected chi connectivity index (χ0v) is 10.6. The van der Waals surface area contributed by atoms with E-state index in [1.54, 1.807) is 32.3 Å². The van der Waals surface area contributed by atoms with Crippen molar-refractivity contribution in [3.63, 3.8) is 0 Å². The van der Waals surface area contributed by atoms with Gasteiger partial charge in [0.1, 0.15) is 11.6 Å². The van der Waals surface area contributed by atoms with Crippen molar-refractivity contribution in [3.8, 4) is 5.75 Å². The molecule has 0 radical (unpaired) electrons. The Morgan fingerprint density at radius 1 is 1.37 bits per heavy atom. The molecule has 3 rings (SSSR count). The number of carbonyl (C=O) groups excluding carboxylic acids is 1. The van der Waals surface area contributed by atoms with Gasteiger partial charge in [-0.1, -0.05) is 0 Å². The summed E-state index contributed by atoms with van der Waals surface area (Å²) in [6, 6.07) is 1.87. The molecule has 0 aliphatic carbocycles. The van der Waals surface area contributed by atoms with Gasteiger partial charge in [0, 0.05) is 23.5 Å². The average Bonchev–Trinajstić information content (AvgIpc) is 2.97. The third-order valence-electron chi connectivity index (χ3n) is 3.27.